The van der Waals surface area contributed by atoms with Gasteiger partial charge >= 0.3 is 0 Å². The Hall–Kier alpha value is -0.220. The Morgan fingerprint density at radius 1 is 1.57 bits per heavy atom. The van der Waals surface area contributed by atoms with Crippen molar-refractivity contribution in [2.45, 2.75) is 44.5 Å². The second-order valence-corrected chi connectivity index (χ2v) is 5.08. The first-order chi connectivity index (χ1) is 6.40. The van der Waals surface area contributed by atoms with Gasteiger partial charge in [0.25, 0.3) is 0 Å². The van der Waals surface area contributed by atoms with E-state index in [1.54, 1.807) is 25.6 Å². The van der Waals surface area contributed by atoms with E-state index in [9.17, 15) is 9.90 Å². The Kier molecular flexibility index (Phi) is 6.20. The highest BCUT2D eigenvalue weighted by molar-refractivity contribution is 7.99. The third-order valence-electron chi connectivity index (χ3n) is 1.82. The summed E-state index contributed by atoms with van der Waals surface area (Å²) in [6.45, 7) is 5.74. The molecule has 0 fully saturated rings. The minimum atomic E-state index is -0.829. The summed E-state index contributed by atoms with van der Waals surface area (Å²) in [4.78, 5) is 11.6. The zero-order valence-electron chi connectivity index (χ0n) is 9.46. The van der Waals surface area contributed by atoms with Gasteiger partial charge in [0.2, 0.25) is 5.91 Å². The quantitative estimate of drug-likeness (QED) is 0.710. The summed E-state index contributed by atoms with van der Waals surface area (Å²) in [5, 5.41) is 12.2. The number of carbonyl (C=O) groups excluding carboxylic acids is 1. The molecule has 1 atom stereocenters. The van der Waals surface area contributed by atoms with E-state index < -0.39 is 5.60 Å². The van der Waals surface area contributed by atoms with Gasteiger partial charge in [0, 0.05) is 6.54 Å². The summed E-state index contributed by atoms with van der Waals surface area (Å²) in [5.41, 5.74) is -0.829. The van der Waals surface area contributed by atoms with E-state index in [1.165, 1.54) is 0 Å². The average molecular weight is 219 g/mol. The van der Waals surface area contributed by atoms with Crippen LogP contribution in [0.15, 0.2) is 0 Å². The Morgan fingerprint density at radius 2 is 2.14 bits per heavy atom. The third-order valence-corrected chi connectivity index (χ3v) is 2.84. The molecule has 0 saturated heterocycles. The predicted octanol–water partition coefficient (Wildman–Crippen LogP) is 1.41. The van der Waals surface area contributed by atoms with Crippen LogP contribution in [-0.2, 0) is 4.79 Å². The molecule has 0 spiro atoms. The smallest absolute Gasteiger partial charge is 0.233 e. The van der Waals surface area contributed by atoms with Crippen molar-refractivity contribution in [1.29, 1.82) is 0 Å². The van der Waals surface area contributed by atoms with Crippen LogP contribution in [0.1, 0.15) is 33.6 Å². The van der Waals surface area contributed by atoms with Crippen LogP contribution in [0.25, 0.3) is 0 Å². The van der Waals surface area contributed by atoms with Crippen molar-refractivity contribution in [2.24, 2.45) is 0 Å². The number of carbonyl (C=O) groups is 1. The van der Waals surface area contributed by atoms with Gasteiger partial charge in [0.15, 0.2) is 0 Å². The molecule has 4 heteroatoms. The number of hydrogen-bond acceptors (Lipinski definition) is 3. The Balaban J connectivity index is 3.93. The van der Waals surface area contributed by atoms with Crippen molar-refractivity contribution in [3.63, 3.8) is 0 Å². The maximum Gasteiger partial charge on any atom is 0.233 e. The number of hydrogen-bond donors (Lipinski definition) is 2. The highest BCUT2D eigenvalue weighted by atomic mass is 32.2. The van der Waals surface area contributed by atoms with Crippen LogP contribution in [-0.4, -0.2) is 34.7 Å². The van der Waals surface area contributed by atoms with Gasteiger partial charge in [-0.1, -0.05) is 13.3 Å². The van der Waals surface area contributed by atoms with E-state index in [1.807, 2.05) is 6.26 Å². The van der Waals surface area contributed by atoms with Crippen LogP contribution in [0.2, 0.25) is 0 Å². The molecule has 14 heavy (non-hydrogen) atoms. The van der Waals surface area contributed by atoms with Crippen molar-refractivity contribution in [1.82, 2.24) is 5.32 Å². The van der Waals surface area contributed by atoms with E-state index in [-0.39, 0.29) is 11.2 Å². The lowest BCUT2D eigenvalue weighted by atomic mass is 10.1. The van der Waals surface area contributed by atoms with Crippen molar-refractivity contribution >= 4 is 17.7 Å². The molecule has 0 unspecified atom stereocenters. The molecule has 84 valence electrons. The molecule has 0 aliphatic heterocycles. The Bertz CT molecular complexity index is 177. The van der Waals surface area contributed by atoms with Crippen LogP contribution in [0.4, 0.5) is 0 Å². The standard InChI is InChI=1S/C10H21NO2S/c1-5-6-8(14-4)9(12)11-7-10(2,3)13/h8,13H,5-7H2,1-4H3,(H,11,12)/t8-/m1/s1. The van der Waals surface area contributed by atoms with Gasteiger partial charge in [0.1, 0.15) is 0 Å². The van der Waals surface area contributed by atoms with E-state index >= 15 is 0 Å². The molecule has 0 saturated carbocycles. The maximum absolute atomic E-state index is 11.6. The fraction of sp³-hybridized carbons (Fsp3) is 0.900. The molecule has 0 heterocycles. The van der Waals surface area contributed by atoms with Gasteiger partial charge in [-0.15, -0.1) is 0 Å². The molecule has 0 rings (SSSR count). The van der Waals surface area contributed by atoms with Crippen LogP contribution in [0.3, 0.4) is 0 Å². The first kappa shape index (κ1) is 13.8. The first-order valence-corrected chi connectivity index (χ1v) is 6.22. The van der Waals surface area contributed by atoms with Gasteiger partial charge in [-0.2, -0.15) is 11.8 Å². The summed E-state index contributed by atoms with van der Waals surface area (Å²) in [6.07, 6.45) is 3.82. The van der Waals surface area contributed by atoms with E-state index in [0.717, 1.165) is 12.8 Å². The molecule has 2 N–H and O–H groups in total. The monoisotopic (exact) mass is 219 g/mol. The number of aliphatic hydroxyl groups is 1. The minimum absolute atomic E-state index is 0.0161. The molecular formula is C10H21NO2S. The van der Waals surface area contributed by atoms with Gasteiger partial charge in [-0.3, -0.25) is 4.79 Å². The molecule has 0 bridgehead atoms. The van der Waals surface area contributed by atoms with Crippen LogP contribution in [0, 0.1) is 0 Å². The topological polar surface area (TPSA) is 49.3 Å². The average Bonchev–Trinajstić information content (AvgIpc) is 2.09. The molecule has 0 aromatic heterocycles. The highest BCUT2D eigenvalue weighted by Gasteiger charge is 2.19. The summed E-state index contributed by atoms with van der Waals surface area (Å²) in [7, 11) is 0. The molecule has 3 nitrogen and oxygen atoms in total. The summed E-state index contributed by atoms with van der Waals surface area (Å²) in [5.74, 6) is 0.0291. The predicted molar refractivity (Wildman–Crippen MR) is 61.5 cm³/mol. The van der Waals surface area contributed by atoms with Crippen LogP contribution in [0.5, 0.6) is 0 Å². The lowest BCUT2D eigenvalue weighted by Gasteiger charge is -2.20. The van der Waals surface area contributed by atoms with E-state index in [2.05, 4.69) is 12.2 Å². The largest absolute Gasteiger partial charge is 0.389 e. The number of nitrogens with one attached hydrogen (secondary N) is 1. The molecule has 1 amide bonds. The molecule has 0 aliphatic carbocycles. The van der Waals surface area contributed by atoms with Crippen molar-refractivity contribution < 1.29 is 9.90 Å². The van der Waals surface area contributed by atoms with Gasteiger partial charge in [-0.05, 0) is 26.5 Å². The highest BCUT2D eigenvalue weighted by Crippen LogP contribution is 2.13. The molecule has 0 aromatic carbocycles. The lowest BCUT2D eigenvalue weighted by molar-refractivity contribution is -0.121. The summed E-state index contributed by atoms with van der Waals surface area (Å²) >= 11 is 1.56. The number of rotatable bonds is 6. The van der Waals surface area contributed by atoms with Crippen molar-refractivity contribution in [2.75, 3.05) is 12.8 Å². The minimum Gasteiger partial charge on any atom is -0.389 e. The zero-order valence-corrected chi connectivity index (χ0v) is 10.3. The number of thioether (sulfide) groups is 1. The fourth-order valence-corrected chi connectivity index (χ4v) is 1.80. The molecule has 0 aliphatic rings. The molecule has 0 radical (unpaired) electrons. The molecule has 0 aromatic rings. The SMILES string of the molecule is CCC[C@@H](SC)C(=O)NCC(C)(C)O. The zero-order chi connectivity index (χ0) is 11.2. The van der Waals surface area contributed by atoms with E-state index in [0.29, 0.717) is 6.54 Å². The Morgan fingerprint density at radius 3 is 2.50 bits per heavy atom. The number of amides is 1. The summed E-state index contributed by atoms with van der Waals surface area (Å²) < 4.78 is 0. The first-order valence-electron chi connectivity index (χ1n) is 4.93. The van der Waals surface area contributed by atoms with Crippen molar-refractivity contribution in [3.05, 3.63) is 0 Å². The second-order valence-electron chi connectivity index (χ2n) is 4.04. The van der Waals surface area contributed by atoms with Gasteiger partial charge < -0.3 is 10.4 Å². The van der Waals surface area contributed by atoms with E-state index in [4.69, 9.17) is 0 Å². The molecular weight excluding hydrogens is 198 g/mol. The van der Waals surface area contributed by atoms with Crippen LogP contribution >= 0.6 is 11.8 Å². The maximum atomic E-state index is 11.6. The third kappa shape index (κ3) is 6.27. The normalized spacial score (nSPS) is 13.8. The fourth-order valence-electron chi connectivity index (χ4n) is 1.04. The van der Waals surface area contributed by atoms with Crippen LogP contribution < -0.4 is 5.32 Å². The Labute approximate surface area is 90.7 Å². The second kappa shape index (κ2) is 6.30. The van der Waals surface area contributed by atoms with Crippen molar-refractivity contribution in [3.8, 4) is 0 Å². The van der Waals surface area contributed by atoms with Gasteiger partial charge in [0.05, 0.1) is 10.9 Å². The van der Waals surface area contributed by atoms with Gasteiger partial charge in [-0.25, -0.2) is 0 Å². The summed E-state index contributed by atoms with van der Waals surface area (Å²) in [6, 6.07) is 0. The lowest BCUT2D eigenvalue weighted by Crippen LogP contribution is -2.41.